The first-order valence-corrected chi connectivity index (χ1v) is 9.56. The minimum Gasteiger partial charge on any atom is -0.493 e. The van der Waals surface area contributed by atoms with Gasteiger partial charge in [-0.1, -0.05) is 0 Å². The van der Waals surface area contributed by atoms with Crippen molar-refractivity contribution in [1.82, 2.24) is 10.2 Å². The number of furan rings is 1. The molecule has 0 bridgehead atoms. The highest BCUT2D eigenvalue weighted by Gasteiger charge is 2.19. The van der Waals surface area contributed by atoms with Crippen LogP contribution in [0.4, 0.5) is 0 Å². The molecule has 2 rings (SSSR count). The number of rotatable bonds is 9. The Labute approximate surface area is 167 Å². The number of hydrogen-bond acceptors (Lipinski definition) is 5. The maximum Gasteiger partial charge on any atom is 0.234 e. The molecule has 2 aromatic rings. The van der Waals surface area contributed by atoms with E-state index in [-0.39, 0.29) is 18.0 Å². The molecule has 0 spiro atoms. The zero-order chi connectivity index (χ0) is 20.8. The average Bonchev–Trinajstić information content (AvgIpc) is 3.05. The van der Waals surface area contributed by atoms with Gasteiger partial charge < -0.3 is 19.2 Å². The van der Waals surface area contributed by atoms with E-state index >= 15 is 0 Å². The molecule has 0 saturated heterocycles. The first-order valence-electron chi connectivity index (χ1n) is 9.56. The predicted molar refractivity (Wildman–Crippen MR) is 110 cm³/mol. The lowest BCUT2D eigenvalue weighted by Gasteiger charge is -2.26. The third-order valence-electron chi connectivity index (χ3n) is 4.85. The number of aryl methyl sites for hydroxylation is 2. The molecule has 0 fully saturated rings. The minimum absolute atomic E-state index is 0.0290. The van der Waals surface area contributed by atoms with E-state index in [0.717, 1.165) is 22.6 Å². The molecule has 154 valence electrons. The van der Waals surface area contributed by atoms with E-state index in [1.807, 2.05) is 45.0 Å². The van der Waals surface area contributed by atoms with Crippen molar-refractivity contribution in [2.75, 3.05) is 20.8 Å². The Hall–Kier alpha value is -2.47. The number of carbonyl (C=O) groups excluding carboxylic acids is 1. The number of ether oxygens (including phenoxy) is 2. The fourth-order valence-electron chi connectivity index (χ4n) is 3.20. The normalized spacial score (nSPS) is 12.3. The van der Waals surface area contributed by atoms with E-state index < -0.39 is 0 Å². The topological polar surface area (TPSA) is 63.9 Å². The molecule has 1 heterocycles. The van der Waals surface area contributed by atoms with Gasteiger partial charge in [-0.25, -0.2) is 0 Å². The smallest absolute Gasteiger partial charge is 0.234 e. The lowest BCUT2D eigenvalue weighted by Crippen LogP contribution is -2.41. The zero-order valence-corrected chi connectivity index (χ0v) is 18.0. The van der Waals surface area contributed by atoms with Crippen molar-refractivity contribution in [2.24, 2.45) is 0 Å². The van der Waals surface area contributed by atoms with Crippen LogP contribution >= 0.6 is 0 Å². The largest absolute Gasteiger partial charge is 0.493 e. The van der Waals surface area contributed by atoms with Crippen LogP contribution in [0, 0.1) is 13.8 Å². The number of methoxy groups -OCH3 is 2. The van der Waals surface area contributed by atoms with E-state index in [1.165, 1.54) is 0 Å². The van der Waals surface area contributed by atoms with Crippen molar-refractivity contribution in [3.8, 4) is 11.5 Å². The molecule has 1 aromatic heterocycles. The number of nitrogens with one attached hydrogen (secondary N) is 1. The highest BCUT2D eigenvalue weighted by Crippen LogP contribution is 2.32. The second-order valence-corrected chi connectivity index (χ2v) is 7.36. The van der Waals surface area contributed by atoms with E-state index in [2.05, 4.69) is 24.1 Å². The lowest BCUT2D eigenvalue weighted by molar-refractivity contribution is -0.123. The Balaban J connectivity index is 2.06. The van der Waals surface area contributed by atoms with Crippen molar-refractivity contribution in [2.45, 2.75) is 53.2 Å². The van der Waals surface area contributed by atoms with Crippen LogP contribution < -0.4 is 14.8 Å². The molecular formula is C22H32N2O4. The van der Waals surface area contributed by atoms with Crippen LogP contribution in [0.25, 0.3) is 0 Å². The van der Waals surface area contributed by atoms with Crippen LogP contribution in [-0.4, -0.2) is 37.6 Å². The first kappa shape index (κ1) is 21.8. The van der Waals surface area contributed by atoms with Gasteiger partial charge in [-0.15, -0.1) is 0 Å². The van der Waals surface area contributed by atoms with Gasteiger partial charge in [0.1, 0.15) is 11.5 Å². The predicted octanol–water partition coefficient (Wildman–Crippen LogP) is 4.00. The molecule has 6 nitrogen and oxygen atoms in total. The molecule has 1 amide bonds. The number of amides is 1. The third-order valence-corrected chi connectivity index (χ3v) is 4.85. The summed E-state index contributed by atoms with van der Waals surface area (Å²) in [6.45, 7) is 10.9. The third kappa shape index (κ3) is 5.52. The molecule has 28 heavy (non-hydrogen) atoms. The summed E-state index contributed by atoms with van der Waals surface area (Å²) < 4.78 is 16.4. The van der Waals surface area contributed by atoms with Gasteiger partial charge in [0.25, 0.3) is 0 Å². The maximum absolute atomic E-state index is 12.7. The number of nitrogens with zero attached hydrogens (tertiary/aromatic N) is 1. The van der Waals surface area contributed by atoms with E-state index in [1.54, 1.807) is 14.2 Å². The van der Waals surface area contributed by atoms with Gasteiger partial charge in [-0.2, -0.15) is 0 Å². The Bertz CT molecular complexity index is 798. The summed E-state index contributed by atoms with van der Waals surface area (Å²) >= 11 is 0. The molecule has 6 heteroatoms. The Kier molecular flexibility index (Phi) is 7.52. The Morgan fingerprint density at radius 3 is 2.29 bits per heavy atom. The van der Waals surface area contributed by atoms with Crippen LogP contribution in [0.3, 0.4) is 0 Å². The second kappa shape index (κ2) is 9.64. The molecule has 0 saturated carbocycles. The summed E-state index contributed by atoms with van der Waals surface area (Å²) in [5.41, 5.74) is 2.04. The molecule has 1 unspecified atom stereocenters. The molecule has 1 N–H and O–H groups in total. The first-order chi connectivity index (χ1) is 13.2. The van der Waals surface area contributed by atoms with Crippen LogP contribution in [-0.2, 0) is 11.3 Å². The van der Waals surface area contributed by atoms with Gasteiger partial charge in [0.2, 0.25) is 5.91 Å². The summed E-state index contributed by atoms with van der Waals surface area (Å²) in [6.07, 6.45) is 0. The number of carbonyl (C=O) groups is 1. The monoisotopic (exact) mass is 388 g/mol. The van der Waals surface area contributed by atoms with Crippen molar-refractivity contribution in [3.63, 3.8) is 0 Å². The Morgan fingerprint density at radius 1 is 1.11 bits per heavy atom. The minimum atomic E-state index is -0.146. The summed E-state index contributed by atoms with van der Waals surface area (Å²) in [4.78, 5) is 14.8. The second-order valence-electron chi connectivity index (χ2n) is 7.36. The number of benzene rings is 1. The van der Waals surface area contributed by atoms with Crippen molar-refractivity contribution in [1.29, 1.82) is 0 Å². The Morgan fingerprint density at radius 2 is 1.75 bits per heavy atom. The summed E-state index contributed by atoms with van der Waals surface area (Å²) in [5.74, 6) is 3.05. The van der Waals surface area contributed by atoms with E-state index in [9.17, 15) is 4.79 Å². The molecule has 0 radical (unpaired) electrons. The van der Waals surface area contributed by atoms with E-state index in [0.29, 0.717) is 24.6 Å². The average molecular weight is 389 g/mol. The molecule has 0 aliphatic carbocycles. The van der Waals surface area contributed by atoms with Crippen molar-refractivity contribution < 1.29 is 18.7 Å². The van der Waals surface area contributed by atoms with Crippen LogP contribution in [0.15, 0.2) is 28.7 Å². The van der Waals surface area contributed by atoms with Gasteiger partial charge in [0.05, 0.1) is 33.4 Å². The molecule has 1 atom stereocenters. The van der Waals surface area contributed by atoms with Crippen molar-refractivity contribution >= 4 is 5.91 Å². The fourth-order valence-corrected chi connectivity index (χ4v) is 3.20. The van der Waals surface area contributed by atoms with Gasteiger partial charge in [0.15, 0.2) is 11.5 Å². The summed E-state index contributed by atoms with van der Waals surface area (Å²) in [5, 5.41) is 3.09. The van der Waals surface area contributed by atoms with Crippen LogP contribution in [0.5, 0.6) is 11.5 Å². The highest BCUT2D eigenvalue weighted by atomic mass is 16.5. The number of hydrogen-bond donors (Lipinski definition) is 1. The van der Waals surface area contributed by atoms with Crippen LogP contribution in [0.2, 0.25) is 0 Å². The zero-order valence-electron chi connectivity index (χ0n) is 18.0. The quantitative estimate of drug-likeness (QED) is 0.703. The SMILES string of the molecule is COc1cc(C)c(C(C)NC(=O)CN(Cc2ccc(C)o2)C(C)C)cc1OC. The molecule has 0 aliphatic heterocycles. The van der Waals surface area contributed by atoms with Crippen molar-refractivity contribution in [3.05, 3.63) is 46.9 Å². The van der Waals surface area contributed by atoms with Gasteiger partial charge in [0, 0.05) is 6.04 Å². The van der Waals surface area contributed by atoms with Gasteiger partial charge in [-0.05, 0) is 70.0 Å². The molecule has 0 aliphatic rings. The molecular weight excluding hydrogens is 356 g/mol. The summed E-state index contributed by atoms with van der Waals surface area (Å²) in [7, 11) is 3.22. The maximum atomic E-state index is 12.7. The van der Waals surface area contributed by atoms with Gasteiger partial charge in [-0.3, -0.25) is 9.69 Å². The van der Waals surface area contributed by atoms with E-state index in [4.69, 9.17) is 13.9 Å². The standard InChI is InChI=1S/C22H32N2O4/c1-14(2)24(12-18-9-8-16(4)28-18)13-22(25)23-17(5)19-11-21(27-7)20(26-6)10-15(19)3/h8-11,14,17H,12-13H2,1-7H3,(H,23,25). The summed E-state index contributed by atoms with van der Waals surface area (Å²) in [6, 6.07) is 7.82. The highest BCUT2D eigenvalue weighted by molar-refractivity contribution is 5.78. The lowest BCUT2D eigenvalue weighted by atomic mass is 10.0. The van der Waals surface area contributed by atoms with Gasteiger partial charge >= 0.3 is 0 Å². The fraction of sp³-hybridized carbons (Fsp3) is 0.500. The van der Waals surface area contributed by atoms with Crippen LogP contribution in [0.1, 0.15) is 49.5 Å². The molecule has 1 aromatic carbocycles.